The molecule has 0 spiro atoms. The van der Waals surface area contributed by atoms with Gasteiger partial charge in [-0.05, 0) is 31.6 Å². The normalized spacial score (nSPS) is 16.9. The van der Waals surface area contributed by atoms with Crippen LogP contribution in [0.5, 0.6) is 0 Å². The minimum Gasteiger partial charge on any atom is -0.396 e. The highest BCUT2D eigenvalue weighted by atomic mass is 32.1. The third kappa shape index (κ3) is 3.58. The molecule has 1 aliphatic rings. The Morgan fingerprint density at radius 1 is 1.45 bits per heavy atom. The van der Waals surface area contributed by atoms with Gasteiger partial charge < -0.3 is 10.0 Å². The molecule has 4 nitrogen and oxygen atoms in total. The summed E-state index contributed by atoms with van der Waals surface area (Å²) >= 11 is 1.54. The summed E-state index contributed by atoms with van der Waals surface area (Å²) in [6.45, 7) is 7.99. The Hall–Kier alpha value is -0.940. The topological polar surface area (TPSA) is 53.4 Å². The van der Waals surface area contributed by atoms with Gasteiger partial charge in [0, 0.05) is 26.1 Å². The second-order valence-electron chi connectivity index (χ2n) is 6.04. The van der Waals surface area contributed by atoms with E-state index in [2.05, 4.69) is 18.8 Å². The van der Waals surface area contributed by atoms with Gasteiger partial charge in [-0.25, -0.2) is 4.98 Å². The van der Waals surface area contributed by atoms with Crippen molar-refractivity contribution in [2.24, 2.45) is 11.8 Å². The number of hydrogen-bond donors (Lipinski definition) is 1. The molecule has 0 saturated carbocycles. The van der Waals surface area contributed by atoms with Gasteiger partial charge in [-0.15, -0.1) is 11.3 Å². The van der Waals surface area contributed by atoms with Crippen LogP contribution in [0.3, 0.4) is 0 Å². The number of rotatable bonds is 4. The number of carbonyl (C=O) groups excluding carboxylic acids is 1. The summed E-state index contributed by atoms with van der Waals surface area (Å²) in [5, 5.41) is 10.2. The summed E-state index contributed by atoms with van der Waals surface area (Å²) in [5.74, 6) is 1.04. The maximum atomic E-state index is 12.5. The number of piperidine rings is 1. The molecule has 1 aliphatic heterocycles. The lowest BCUT2D eigenvalue weighted by Crippen LogP contribution is -2.39. The van der Waals surface area contributed by atoms with Crippen molar-refractivity contribution < 1.29 is 9.90 Å². The number of nitrogens with zero attached hydrogens (tertiary/aromatic N) is 2. The zero-order chi connectivity index (χ0) is 14.7. The summed E-state index contributed by atoms with van der Waals surface area (Å²) < 4.78 is 0. The number of amides is 1. The van der Waals surface area contributed by atoms with E-state index in [1.54, 1.807) is 11.3 Å². The highest BCUT2D eigenvalue weighted by Gasteiger charge is 2.26. The molecule has 1 saturated heterocycles. The summed E-state index contributed by atoms with van der Waals surface area (Å²) in [6.07, 6.45) is 2.74. The van der Waals surface area contributed by atoms with Crippen LogP contribution in [0.1, 0.15) is 47.1 Å². The van der Waals surface area contributed by atoms with Crippen LogP contribution < -0.4 is 0 Å². The highest BCUT2D eigenvalue weighted by molar-refractivity contribution is 7.13. The molecular formula is C15H24N2O2S. The SMILES string of the molecule is Cc1nc(CC(C)C)sc1C(=O)N1CCC(CO)CC1. The van der Waals surface area contributed by atoms with Gasteiger partial charge in [-0.2, -0.15) is 0 Å². The van der Waals surface area contributed by atoms with Crippen LogP contribution in [0.2, 0.25) is 0 Å². The summed E-state index contributed by atoms with van der Waals surface area (Å²) in [5.41, 5.74) is 0.861. The fourth-order valence-corrected chi connectivity index (χ4v) is 3.79. The van der Waals surface area contributed by atoms with E-state index in [9.17, 15) is 4.79 Å². The molecule has 2 heterocycles. The lowest BCUT2D eigenvalue weighted by atomic mass is 9.98. The monoisotopic (exact) mass is 296 g/mol. The van der Waals surface area contributed by atoms with Crippen molar-refractivity contribution in [2.75, 3.05) is 19.7 Å². The Kier molecular flexibility index (Phi) is 5.16. The van der Waals surface area contributed by atoms with Gasteiger partial charge in [0.2, 0.25) is 0 Å². The smallest absolute Gasteiger partial charge is 0.265 e. The molecule has 1 fully saturated rings. The zero-order valence-electron chi connectivity index (χ0n) is 12.6. The van der Waals surface area contributed by atoms with Crippen LogP contribution in [0, 0.1) is 18.8 Å². The number of hydrogen-bond acceptors (Lipinski definition) is 4. The van der Waals surface area contributed by atoms with E-state index in [0.29, 0.717) is 11.8 Å². The molecule has 112 valence electrons. The molecular weight excluding hydrogens is 272 g/mol. The number of aryl methyl sites for hydroxylation is 1. The molecule has 20 heavy (non-hydrogen) atoms. The Morgan fingerprint density at radius 2 is 2.10 bits per heavy atom. The zero-order valence-corrected chi connectivity index (χ0v) is 13.4. The molecule has 1 aromatic rings. The first-order valence-corrected chi connectivity index (χ1v) is 8.19. The minimum atomic E-state index is 0.117. The molecule has 0 aromatic carbocycles. The van der Waals surface area contributed by atoms with Crippen LogP contribution in [-0.4, -0.2) is 40.6 Å². The van der Waals surface area contributed by atoms with Crippen LogP contribution in [0.15, 0.2) is 0 Å². The first-order chi connectivity index (χ1) is 9.51. The van der Waals surface area contributed by atoms with Crippen LogP contribution in [0.4, 0.5) is 0 Å². The second-order valence-corrected chi connectivity index (χ2v) is 7.12. The Balaban J connectivity index is 2.04. The van der Waals surface area contributed by atoms with E-state index in [-0.39, 0.29) is 12.5 Å². The van der Waals surface area contributed by atoms with E-state index in [1.165, 1.54) is 0 Å². The number of carbonyl (C=O) groups is 1. The van der Waals surface area contributed by atoms with Crippen molar-refractivity contribution >= 4 is 17.2 Å². The fraction of sp³-hybridized carbons (Fsp3) is 0.733. The van der Waals surface area contributed by atoms with Crippen molar-refractivity contribution in [1.29, 1.82) is 0 Å². The number of likely N-dealkylation sites (tertiary alicyclic amines) is 1. The quantitative estimate of drug-likeness (QED) is 0.929. The summed E-state index contributed by atoms with van der Waals surface area (Å²) in [7, 11) is 0. The first kappa shape index (κ1) is 15.4. The number of aliphatic hydroxyl groups is 1. The number of aromatic nitrogens is 1. The van der Waals surface area contributed by atoms with Crippen molar-refractivity contribution in [3.05, 3.63) is 15.6 Å². The largest absolute Gasteiger partial charge is 0.396 e. The minimum absolute atomic E-state index is 0.117. The Labute approximate surface area is 124 Å². The predicted molar refractivity (Wildman–Crippen MR) is 81.1 cm³/mol. The lowest BCUT2D eigenvalue weighted by Gasteiger charge is -2.30. The molecule has 5 heteroatoms. The third-order valence-corrected chi connectivity index (χ3v) is 4.95. The predicted octanol–water partition coefficient (Wildman–Crippen LogP) is 2.49. The van der Waals surface area contributed by atoms with E-state index in [4.69, 9.17) is 5.11 Å². The molecule has 0 radical (unpaired) electrons. The molecule has 1 N–H and O–H groups in total. The second kappa shape index (κ2) is 6.68. The average Bonchev–Trinajstić information content (AvgIpc) is 2.78. The van der Waals surface area contributed by atoms with Gasteiger partial charge in [-0.3, -0.25) is 4.79 Å². The maximum Gasteiger partial charge on any atom is 0.265 e. The number of thiazole rings is 1. The Morgan fingerprint density at radius 3 is 2.65 bits per heavy atom. The Bertz CT molecular complexity index is 462. The van der Waals surface area contributed by atoms with Gasteiger partial charge >= 0.3 is 0 Å². The van der Waals surface area contributed by atoms with Crippen molar-refractivity contribution in [2.45, 2.75) is 40.0 Å². The summed E-state index contributed by atoms with van der Waals surface area (Å²) in [6, 6.07) is 0. The van der Waals surface area contributed by atoms with Crippen LogP contribution >= 0.6 is 11.3 Å². The fourth-order valence-electron chi connectivity index (χ4n) is 2.55. The molecule has 0 bridgehead atoms. The molecule has 0 atom stereocenters. The molecule has 1 aromatic heterocycles. The molecule has 2 rings (SSSR count). The highest BCUT2D eigenvalue weighted by Crippen LogP contribution is 2.25. The van der Waals surface area contributed by atoms with E-state index in [1.807, 2.05) is 11.8 Å². The van der Waals surface area contributed by atoms with Gasteiger partial charge in [0.25, 0.3) is 5.91 Å². The lowest BCUT2D eigenvalue weighted by molar-refractivity contribution is 0.0654. The van der Waals surface area contributed by atoms with Crippen molar-refractivity contribution in [1.82, 2.24) is 9.88 Å². The van der Waals surface area contributed by atoms with Crippen molar-refractivity contribution in [3.63, 3.8) is 0 Å². The maximum absolute atomic E-state index is 12.5. The molecule has 1 amide bonds. The molecule has 0 aliphatic carbocycles. The van der Waals surface area contributed by atoms with E-state index in [0.717, 1.165) is 47.9 Å². The van der Waals surface area contributed by atoms with Crippen LogP contribution in [-0.2, 0) is 6.42 Å². The first-order valence-electron chi connectivity index (χ1n) is 7.37. The van der Waals surface area contributed by atoms with Crippen molar-refractivity contribution in [3.8, 4) is 0 Å². The van der Waals surface area contributed by atoms with Crippen LogP contribution in [0.25, 0.3) is 0 Å². The van der Waals surface area contributed by atoms with Gasteiger partial charge in [0.15, 0.2) is 0 Å². The van der Waals surface area contributed by atoms with E-state index >= 15 is 0 Å². The van der Waals surface area contributed by atoms with Gasteiger partial charge in [0.05, 0.1) is 10.7 Å². The number of aliphatic hydroxyl groups excluding tert-OH is 1. The third-order valence-electron chi connectivity index (χ3n) is 3.78. The van der Waals surface area contributed by atoms with Gasteiger partial charge in [0.1, 0.15) is 4.88 Å². The standard InChI is InChI=1S/C15H24N2O2S/c1-10(2)8-13-16-11(3)14(20-13)15(19)17-6-4-12(9-18)5-7-17/h10,12,18H,4-9H2,1-3H3. The molecule has 0 unspecified atom stereocenters. The average molecular weight is 296 g/mol. The van der Waals surface area contributed by atoms with Gasteiger partial charge in [-0.1, -0.05) is 13.8 Å². The summed E-state index contributed by atoms with van der Waals surface area (Å²) in [4.78, 5) is 19.8. The van der Waals surface area contributed by atoms with E-state index < -0.39 is 0 Å².